The van der Waals surface area contributed by atoms with Gasteiger partial charge in [-0.2, -0.15) is 0 Å². The molecule has 1 aliphatic heterocycles. The largest absolute Gasteiger partial charge is 0.396 e. The standard InChI is InChI=1S/C13H19NOS2/c1-14-10(4-3-7-15)9-17-13-8-11(16-2)5-6-12(13)14/h5-6,8,10,15H,3-4,7,9H2,1-2H3. The highest BCUT2D eigenvalue weighted by molar-refractivity contribution is 8.00. The number of anilines is 1. The van der Waals surface area contributed by atoms with E-state index in [9.17, 15) is 0 Å². The monoisotopic (exact) mass is 269 g/mol. The fourth-order valence-electron chi connectivity index (χ4n) is 2.13. The van der Waals surface area contributed by atoms with Crippen molar-refractivity contribution in [3.8, 4) is 0 Å². The SMILES string of the molecule is CSc1ccc2c(c1)SCC(CCCO)N2C. The summed E-state index contributed by atoms with van der Waals surface area (Å²) in [7, 11) is 2.17. The number of benzene rings is 1. The highest BCUT2D eigenvalue weighted by Gasteiger charge is 2.23. The average Bonchev–Trinajstić information content (AvgIpc) is 2.37. The highest BCUT2D eigenvalue weighted by Crippen LogP contribution is 2.39. The zero-order valence-corrected chi connectivity index (χ0v) is 12.0. The van der Waals surface area contributed by atoms with Crippen molar-refractivity contribution in [2.45, 2.75) is 28.7 Å². The molecule has 0 bridgehead atoms. The number of aliphatic hydroxyl groups excluding tert-OH is 1. The zero-order valence-electron chi connectivity index (χ0n) is 10.3. The van der Waals surface area contributed by atoms with Gasteiger partial charge in [-0.15, -0.1) is 23.5 Å². The van der Waals surface area contributed by atoms with Crippen LogP contribution >= 0.6 is 23.5 Å². The minimum Gasteiger partial charge on any atom is -0.396 e. The van der Waals surface area contributed by atoms with E-state index in [1.165, 1.54) is 15.5 Å². The summed E-state index contributed by atoms with van der Waals surface area (Å²) in [6, 6.07) is 7.25. The molecule has 0 amide bonds. The highest BCUT2D eigenvalue weighted by atomic mass is 32.2. The molecule has 0 radical (unpaired) electrons. The Bertz CT molecular complexity index is 384. The molecule has 1 heterocycles. The summed E-state index contributed by atoms with van der Waals surface area (Å²) in [4.78, 5) is 5.09. The Labute approximate surface area is 112 Å². The molecule has 94 valence electrons. The molecule has 0 saturated heterocycles. The lowest BCUT2D eigenvalue weighted by atomic mass is 10.1. The van der Waals surface area contributed by atoms with Crippen LogP contribution in [0.5, 0.6) is 0 Å². The maximum Gasteiger partial charge on any atom is 0.0505 e. The summed E-state index contributed by atoms with van der Waals surface area (Å²) in [5.41, 5.74) is 1.34. The van der Waals surface area contributed by atoms with Gasteiger partial charge in [0.25, 0.3) is 0 Å². The van der Waals surface area contributed by atoms with Crippen LogP contribution in [0.2, 0.25) is 0 Å². The number of thioether (sulfide) groups is 2. The van der Waals surface area contributed by atoms with Crippen LogP contribution in [0.25, 0.3) is 0 Å². The Balaban J connectivity index is 2.15. The smallest absolute Gasteiger partial charge is 0.0505 e. The Morgan fingerprint density at radius 2 is 2.35 bits per heavy atom. The van der Waals surface area contributed by atoms with E-state index in [-0.39, 0.29) is 0 Å². The van der Waals surface area contributed by atoms with Gasteiger partial charge < -0.3 is 10.0 Å². The fourth-order valence-corrected chi connectivity index (χ4v) is 3.97. The summed E-state index contributed by atoms with van der Waals surface area (Å²) in [6.45, 7) is 0.299. The Hall–Kier alpha value is -0.320. The van der Waals surface area contributed by atoms with E-state index in [1.807, 2.05) is 11.8 Å². The van der Waals surface area contributed by atoms with Crippen LogP contribution in [0.4, 0.5) is 5.69 Å². The number of hydrogen-bond donors (Lipinski definition) is 1. The third-order valence-corrected chi connectivity index (χ3v) is 5.14. The summed E-state index contributed by atoms with van der Waals surface area (Å²) < 4.78 is 0. The lowest BCUT2D eigenvalue weighted by molar-refractivity contribution is 0.280. The number of nitrogens with zero attached hydrogens (tertiary/aromatic N) is 1. The van der Waals surface area contributed by atoms with Gasteiger partial charge >= 0.3 is 0 Å². The minimum atomic E-state index is 0.299. The van der Waals surface area contributed by atoms with Crippen LogP contribution in [-0.2, 0) is 0 Å². The van der Waals surface area contributed by atoms with Crippen LogP contribution in [0.3, 0.4) is 0 Å². The summed E-state index contributed by atoms with van der Waals surface area (Å²) in [5.74, 6) is 1.13. The van der Waals surface area contributed by atoms with Crippen LogP contribution in [0.1, 0.15) is 12.8 Å². The van der Waals surface area contributed by atoms with Crippen LogP contribution < -0.4 is 4.90 Å². The molecule has 1 aromatic carbocycles. The molecule has 2 rings (SSSR count). The van der Waals surface area contributed by atoms with Crippen molar-refractivity contribution in [1.29, 1.82) is 0 Å². The first-order chi connectivity index (χ1) is 8.26. The molecule has 1 N–H and O–H groups in total. The molecule has 0 saturated carbocycles. The first-order valence-corrected chi connectivity index (χ1v) is 8.12. The van der Waals surface area contributed by atoms with Crippen molar-refractivity contribution in [1.82, 2.24) is 0 Å². The van der Waals surface area contributed by atoms with Crippen molar-refractivity contribution >= 4 is 29.2 Å². The third-order valence-electron chi connectivity index (χ3n) is 3.22. The molecule has 1 unspecified atom stereocenters. The first-order valence-electron chi connectivity index (χ1n) is 5.90. The van der Waals surface area contributed by atoms with Gasteiger partial charge in [0.05, 0.1) is 5.69 Å². The van der Waals surface area contributed by atoms with E-state index in [2.05, 4.69) is 36.4 Å². The van der Waals surface area contributed by atoms with E-state index in [0.29, 0.717) is 12.6 Å². The Morgan fingerprint density at radius 1 is 1.53 bits per heavy atom. The predicted octanol–water partition coefficient (Wildman–Crippen LogP) is 3.09. The molecular formula is C13H19NOS2. The minimum absolute atomic E-state index is 0.299. The Kier molecular flexibility index (Phi) is 4.65. The fraction of sp³-hybridized carbons (Fsp3) is 0.538. The van der Waals surface area contributed by atoms with Crippen molar-refractivity contribution in [3.63, 3.8) is 0 Å². The quantitative estimate of drug-likeness (QED) is 0.849. The number of hydrogen-bond acceptors (Lipinski definition) is 4. The van der Waals surface area contributed by atoms with Crippen LogP contribution in [0.15, 0.2) is 28.0 Å². The van der Waals surface area contributed by atoms with Crippen LogP contribution in [-0.4, -0.2) is 36.8 Å². The van der Waals surface area contributed by atoms with Gasteiger partial charge in [0.2, 0.25) is 0 Å². The molecule has 1 aromatic rings. The van der Waals surface area contributed by atoms with Crippen LogP contribution in [0, 0.1) is 0 Å². The average molecular weight is 269 g/mol. The molecule has 0 aromatic heterocycles. The third kappa shape index (κ3) is 2.92. The molecule has 2 nitrogen and oxygen atoms in total. The summed E-state index contributed by atoms with van der Waals surface area (Å²) in [6.07, 6.45) is 4.08. The number of fused-ring (bicyclic) bond motifs is 1. The van der Waals surface area contributed by atoms with Gasteiger partial charge in [-0.25, -0.2) is 0 Å². The zero-order chi connectivity index (χ0) is 12.3. The molecule has 1 atom stereocenters. The molecule has 4 heteroatoms. The van der Waals surface area contributed by atoms with Gasteiger partial charge in [0.15, 0.2) is 0 Å². The summed E-state index contributed by atoms with van der Waals surface area (Å²) in [5, 5.41) is 8.92. The predicted molar refractivity (Wildman–Crippen MR) is 77.5 cm³/mol. The molecule has 17 heavy (non-hydrogen) atoms. The first kappa shape index (κ1) is 13.1. The van der Waals surface area contributed by atoms with E-state index >= 15 is 0 Å². The van der Waals surface area contributed by atoms with Crippen molar-refractivity contribution in [2.75, 3.05) is 30.6 Å². The molecule has 0 spiro atoms. The molecular weight excluding hydrogens is 250 g/mol. The lowest BCUT2D eigenvalue weighted by Crippen LogP contribution is -2.36. The van der Waals surface area contributed by atoms with Gasteiger partial charge in [-0.05, 0) is 37.3 Å². The van der Waals surface area contributed by atoms with Gasteiger partial charge in [-0.1, -0.05) is 0 Å². The van der Waals surface area contributed by atoms with Gasteiger partial charge in [0, 0.05) is 35.2 Å². The molecule has 0 fully saturated rings. The van der Waals surface area contributed by atoms with Crippen molar-refractivity contribution in [3.05, 3.63) is 18.2 Å². The van der Waals surface area contributed by atoms with E-state index in [0.717, 1.165) is 18.6 Å². The second-order valence-corrected chi connectivity index (χ2v) is 6.22. The van der Waals surface area contributed by atoms with Gasteiger partial charge in [0.1, 0.15) is 0 Å². The second-order valence-electron chi connectivity index (χ2n) is 4.28. The molecule has 0 aliphatic carbocycles. The summed E-state index contributed by atoms with van der Waals surface area (Å²) >= 11 is 3.74. The topological polar surface area (TPSA) is 23.5 Å². The normalized spacial score (nSPS) is 19.2. The maximum atomic E-state index is 8.92. The number of rotatable bonds is 4. The van der Waals surface area contributed by atoms with E-state index in [4.69, 9.17) is 5.11 Å². The van der Waals surface area contributed by atoms with Crippen molar-refractivity contribution in [2.24, 2.45) is 0 Å². The van der Waals surface area contributed by atoms with Crippen molar-refractivity contribution < 1.29 is 5.11 Å². The second kappa shape index (κ2) is 6.03. The van der Waals surface area contributed by atoms with E-state index < -0.39 is 0 Å². The van der Waals surface area contributed by atoms with Gasteiger partial charge in [-0.3, -0.25) is 0 Å². The number of aliphatic hydroxyl groups is 1. The lowest BCUT2D eigenvalue weighted by Gasteiger charge is -2.35. The Morgan fingerprint density at radius 3 is 3.06 bits per heavy atom. The van der Waals surface area contributed by atoms with E-state index in [1.54, 1.807) is 11.8 Å². The molecule has 1 aliphatic rings. The maximum absolute atomic E-state index is 8.92.